The van der Waals surface area contributed by atoms with E-state index >= 15 is 0 Å². The SMILES string of the molecule is O=C1NC(=O)/C(=C/c2cn(-c3ccccn3)nc2-c2ccc(OC(F)F)c(OCC3CC3)c2)S1. The van der Waals surface area contributed by atoms with E-state index in [9.17, 15) is 18.4 Å². The lowest BCUT2D eigenvalue weighted by atomic mass is 10.1. The van der Waals surface area contributed by atoms with Crippen LogP contribution in [0.25, 0.3) is 23.2 Å². The standard InChI is InChI=1S/C23H18F2N4O4S/c24-22(25)33-16-7-6-14(9-17(16)32-12-13-4-5-13)20-15(10-18-21(30)27-23(31)34-18)11-29(28-20)19-3-1-2-8-26-19/h1-3,6-11,13,22H,4-5,12H2,(H,27,30,31)/b18-10-. The molecule has 0 unspecified atom stereocenters. The molecule has 2 aromatic heterocycles. The van der Waals surface area contributed by atoms with Crippen molar-refractivity contribution in [3.8, 4) is 28.6 Å². The lowest BCUT2D eigenvalue weighted by Gasteiger charge is -2.13. The van der Waals surface area contributed by atoms with Crippen LogP contribution in [0.15, 0.2) is 53.7 Å². The summed E-state index contributed by atoms with van der Waals surface area (Å²) >= 11 is 0.789. The van der Waals surface area contributed by atoms with Gasteiger partial charge in [-0.2, -0.15) is 13.9 Å². The number of thioether (sulfide) groups is 1. The van der Waals surface area contributed by atoms with Crippen LogP contribution < -0.4 is 14.8 Å². The van der Waals surface area contributed by atoms with Gasteiger partial charge >= 0.3 is 6.61 Å². The molecule has 1 saturated heterocycles. The molecule has 0 spiro atoms. The minimum absolute atomic E-state index is 0.0696. The van der Waals surface area contributed by atoms with Gasteiger partial charge in [-0.3, -0.25) is 14.9 Å². The van der Waals surface area contributed by atoms with Gasteiger partial charge in [-0.1, -0.05) is 6.07 Å². The van der Waals surface area contributed by atoms with Gasteiger partial charge in [0.2, 0.25) is 0 Å². The van der Waals surface area contributed by atoms with E-state index in [1.54, 1.807) is 48.8 Å². The lowest BCUT2D eigenvalue weighted by Crippen LogP contribution is -2.17. The number of imide groups is 1. The van der Waals surface area contributed by atoms with E-state index in [1.165, 1.54) is 10.7 Å². The fraction of sp³-hybridized carbons (Fsp3) is 0.217. The van der Waals surface area contributed by atoms with Crippen molar-refractivity contribution in [2.24, 2.45) is 5.92 Å². The molecule has 2 amide bonds. The fourth-order valence-corrected chi connectivity index (χ4v) is 4.01. The highest BCUT2D eigenvalue weighted by Crippen LogP contribution is 2.38. The van der Waals surface area contributed by atoms with Crippen LogP contribution in [-0.4, -0.2) is 39.1 Å². The Balaban J connectivity index is 1.58. The summed E-state index contributed by atoms with van der Waals surface area (Å²) in [6.45, 7) is -2.59. The Morgan fingerprint density at radius 1 is 1.21 bits per heavy atom. The number of hydrogen-bond acceptors (Lipinski definition) is 7. The third-order valence-corrected chi connectivity index (χ3v) is 5.97. The third-order valence-electron chi connectivity index (χ3n) is 5.16. The molecule has 11 heteroatoms. The lowest BCUT2D eigenvalue weighted by molar-refractivity contribution is -0.115. The van der Waals surface area contributed by atoms with E-state index in [-0.39, 0.29) is 16.4 Å². The molecule has 1 saturated carbocycles. The van der Waals surface area contributed by atoms with Crippen molar-refractivity contribution >= 4 is 29.0 Å². The van der Waals surface area contributed by atoms with Crippen molar-refractivity contribution in [2.75, 3.05) is 6.61 Å². The number of aromatic nitrogens is 3. The van der Waals surface area contributed by atoms with Crippen LogP contribution in [0, 0.1) is 5.92 Å². The summed E-state index contributed by atoms with van der Waals surface area (Å²) in [6.07, 6.45) is 6.93. The number of amides is 2. The van der Waals surface area contributed by atoms with Gasteiger partial charge in [0.1, 0.15) is 5.69 Å². The highest BCUT2D eigenvalue weighted by molar-refractivity contribution is 8.18. The smallest absolute Gasteiger partial charge is 0.387 e. The van der Waals surface area contributed by atoms with E-state index in [0.29, 0.717) is 35.2 Å². The first kappa shape index (κ1) is 22.1. The second-order valence-electron chi connectivity index (χ2n) is 7.71. The molecular formula is C23H18F2N4O4S. The summed E-state index contributed by atoms with van der Waals surface area (Å²) in [5, 5.41) is 6.38. The monoisotopic (exact) mass is 484 g/mol. The minimum Gasteiger partial charge on any atom is -0.489 e. The molecule has 0 radical (unpaired) electrons. The highest BCUT2D eigenvalue weighted by Gasteiger charge is 2.27. The average Bonchev–Trinajstić information content (AvgIpc) is 3.47. The van der Waals surface area contributed by atoms with Gasteiger partial charge in [-0.15, -0.1) is 0 Å². The summed E-state index contributed by atoms with van der Waals surface area (Å²) in [4.78, 5) is 28.2. The molecule has 0 atom stereocenters. The molecule has 1 aliphatic heterocycles. The highest BCUT2D eigenvalue weighted by atomic mass is 32.2. The number of pyridine rings is 1. The number of halogens is 2. The van der Waals surface area contributed by atoms with Crippen LogP contribution in [0.4, 0.5) is 13.6 Å². The van der Waals surface area contributed by atoms with E-state index in [1.807, 2.05) is 0 Å². The predicted octanol–water partition coefficient (Wildman–Crippen LogP) is 4.65. The Hall–Kier alpha value is -3.73. The number of carbonyl (C=O) groups is 2. The molecule has 34 heavy (non-hydrogen) atoms. The maximum atomic E-state index is 12.9. The van der Waals surface area contributed by atoms with E-state index < -0.39 is 17.8 Å². The Morgan fingerprint density at radius 3 is 2.74 bits per heavy atom. The Morgan fingerprint density at radius 2 is 2.06 bits per heavy atom. The van der Waals surface area contributed by atoms with Crippen LogP contribution in [-0.2, 0) is 4.79 Å². The number of alkyl halides is 2. The second kappa shape index (κ2) is 9.26. The first-order valence-electron chi connectivity index (χ1n) is 10.4. The first-order valence-corrected chi connectivity index (χ1v) is 11.3. The van der Waals surface area contributed by atoms with Crippen LogP contribution in [0.2, 0.25) is 0 Å². The zero-order chi connectivity index (χ0) is 23.7. The number of rotatable bonds is 8. The number of benzene rings is 1. The van der Waals surface area contributed by atoms with Crippen molar-refractivity contribution in [3.05, 3.63) is 59.3 Å². The fourth-order valence-electron chi connectivity index (χ4n) is 3.34. The van der Waals surface area contributed by atoms with Crippen LogP contribution in [0.3, 0.4) is 0 Å². The normalized spacial score (nSPS) is 16.9. The topological polar surface area (TPSA) is 95.3 Å². The van der Waals surface area contributed by atoms with Gasteiger partial charge in [0.05, 0.1) is 11.5 Å². The summed E-state index contributed by atoms with van der Waals surface area (Å²) in [7, 11) is 0. The number of hydrogen-bond donors (Lipinski definition) is 1. The van der Waals surface area contributed by atoms with Gasteiger partial charge < -0.3 is 9.47 Å². The Labute approximate surface area is 197 Å². The van der Waals surface area contributed by atoms with Crippen molar-refractivity contribution in [3.63, 3.8) is 0 Å². The molecule has 5 rings (SSSR count). The third kappa shape index (κ3) is 4.93. The number of nitrogens with one attached hydrogen (secondary N) is 1. The maximum Gasteiger partial charge on any atom is 0.387 e. The van der Waals surface area contributed by atoms with Crippen molar-refractivity contribution in [2.45, 2.75) is 19.5 Å². The molecule has 0 bridgehead atoms. The van der Waals surface area contributed by atoms with E-state index in [4.69, 9.17) is 4.74 Å². The van der Waals surface area contributed by atoms with Crippen LogP contribution in [0.5, 0.6) is 11.5 Å². The van der Waals surface area contributed by atoms with Crippen LogP contribution in [0.1, 0.15) is 18.4 Å². The van der Waals surface area contributed by atoms with Gasteiger partial charge in [0.25, 0.3) is 11.1 Å². The summed E-state index contributed by atoms with van der Waals surface area (Å²) in [6, 6.07) is 9.91. The second-order valence-corrected chi connectivity index (χ2v) is 8.73. The molecule has 1 aromatic carbocycles. The van der Waals surface area contributed by atoms with Crippen LogP contribution >= 0.6 is 11.8 Å². The summed E-state index contributed by atoms with van der Waals surface area (Å²) < 4.78 is 37.8. The zero-order valence-corrected chi connectivity index (χ0v) is 18.4. The molecule has 3 aromatic rings. The van der Waals surface area contributed by atoms with Crippen molar-refractivity contribution < 1.29 is 27.8 Å². The number of nitrogens with zero attached hydrogens (tertiary/aromatic N) is 3. The summed E-state index contributed by atoms with van der Waals surface area (Å²) in [5.74, 6) is 0.553. The molecule has 2 aliphatic rings. The molecule has 1 N–H and O–H groups in total. The minimum atomic E-state index is -2.99. The maximum absolute atomic E-state index is 12.9. The van der Waals surface area contributed by atoms with Gasteiger partial charge in [-0.05, 0) is 66.9 Å². The zero-order valence-electron chi connectivity index (χ0n) is 17.6. The number of ether oxygens (including phenoxy) is 2. The molecule has 2 fully saturated rings. The molecule has 3 heterocycles. The molecular weight excluding hydrogens is 466 g/mol. The van der Waals surface area contributed by atoms with E-state index in [0.717, 1.165) is 24.6 Å². The average molecular weight is 484 g/mol. The Kier molecular flexibility index (Phi) is 6.01. The first-order chi connectivity index (χ1) is 16.5. The molecule has 1 aliphatic carbocycles. The largest absolute Gasteiger partial charge is 0.489 e. The Bertz CT molecular complexity index is 1280. The van der Waals surface area contributed by atoms with E-state index in [2.05, 4.69) is 20.1 Å². The van der Waals surface area contributed by atoms with Crippen molar-refractivity contribution in [1.82, 2.24) is 20.1 Å². The molecule has 8 nitrogen and oxygen atoms in total. The van der Waals surface area contributed by atoms with Gasteiger partial charge in [0, 0.05) is 23.5 Å². The summed E-state index contributed by atoms with van der Waals surface area (Å²) in [5.41, 5.74) is 1.54. The van der Waals surface area contributed by atoms with Gasteiger partial charge in [0.15, 0.2) is 17.3 Å². The quantitative estimate of drug-likeness (QED) is 0.465. The molecule has 174 valence electrons. The number of carbonyl (C=O) groups excluding carboxylic acids is 2. The van der Waals surface area contributed by atoms with Gasteiger partial charge in [-0.25, -0.2) is 9.67 Å². The van der Waals surface area contributed by atoms with Crippen molar-refractivity contribution in [1.29, 1.82) is 0 Å². The predicted molar refractivity (Wildman–Crippen MR) is 121 cm³/mol.